The van der Waals surface area contributed by atoms with Crippen LogP contribution in [0.25, 0.3) is 10.8 Å². The molecule has 1 amide bonds. The van der Waals surface area contributed by atoms with Crippen LogP contribution in [0.3, 0.4) is 0 Å². The Hall–Kier alpha value is -1.75. The number of halogens is 1. The van der Waals surface area contributed by atoms with Gasteiger partial charge in [0.25, 0.3) is 0 Å². The van der Waals surface area contributed by atoms with E-state index in [4.69, 9.17) is 9.47 Å². The van der Waals surface area contributed by atoms with Gasteiger partial charge < -0.3 is 14.4 Å². The molecule has 1 saturated heterocycles. The first-order valence-corrected chi connectivity index (χ1v) is 8.90. The van der Waals surface area contributed by atoms with Gasteiger partial charge in [-0.15, -0.1) is 0 Å². The molecule has 0 radical (unpaired) electrons. The summed E-state index contributed by atoms with van der Waals surface area (Å²) in [5.74, 6) is 1.19. The highest BCUT2D eigenvalue weighted by atomic mass is 79.9. The minimum atomic E-state index is -0.448. The van der Waals surface area contributed by atoms with Gasteiger partial charge in [-0.2, -0.15) is 0 Å². The van der Waals surface area contributed by atoms with Crippen molar-refractivity contribution in [3.63, 3.8) is 0 Å². The summed E-state index contributed by atoms with van der Waals surface area (Å²) in [7, 11) is 0. The van der Waals surface area contributed by atoms with Crippen molar-refractivity contribution in [3.8, 4) is 5.75 Å². The number of benzene rings is 2. The Balaban J connectivity index is 1.52. The van der Waals surface area contributed by atoms with Gasteiger partial charge in [0.05, 0.1) is 6.61 Å². The minimum absolute atomic E-state index is 0.243. The van der Waals surface area contributed by atoms with Gasteiger partial charge in [0.1, 0.15) is 11.4 Å². The summed E-state index contributed by atoms with van der Waals surface area (Å²) in [6.45, 7) is 7.60. The molecule has 0 spiro atoms. The molecule has 3 rings (SSSR count). The fraction of sp³-hybridized carbons (Fsp3) is 0.421. The zero-order valence-corrected chi connectivity index (χ0v) is 15.8. The molecule has 128 valence electrons. The van der Waals surface area contributed by atoms with Crippen molar-refractivity contribution in [2.75, 3.05) is 19.7 Å². The first kappa shape index (κ1) is 17.1. The van der Waals surface area contributed by atoms with E-state index >= 15 is 0 Å². The normalized spacial score (nSPS) is 15.2. The second-order valence-corrected chi connectivity index (χ2v) is 8.04. The average Bonchev–Trinajstić information content (AvgIpc) is 2.43. The van der Waals surface area contributed by atoms with E-state index in [0.29, 0.717) is 25.6 Å². The Morgan fingerprint density at radius 2 is 1.96 bits per heavy atom. The lowest BCUT2D eigenvalue weighted by molar-refractivity contribution is -0.00780. The highest BCUT2D eigenvalue weighted by Crippen LogP contribution is 2.30. The third-order valence-electron chi connectivity index (χ3n) is 3.88. The molecule has 5 heteroatoms. The van der Waals surface area contributed by atoms with Crippen LogP contribution in [0.4, 0.5) is 4.79 Å². The first-order chi connectivity index (χ1) is 11.3. The van der Waals surface area contributed by atoms with E-state index in [9.17, 15) is 4.79 Å². The summed E-state index contributed by atoms with van der Waals surface area (Å²) in [4.78, 5) is 13.6. The van der Waals surface area contributed by atoms with Crippen molar-refractivity contribution in [2.45, 2.75) is 26.4 Å². The summed E-state index contributed by atoms with van der Waals surface area (Å²) in [5.41, 5.74) is -0.448. The van der Waals surface area contributed by atoms with Gasteiger partial charge in [-0.05, 0) is 43.7 Å². The number of hydrogen-bond donors (Lipinski definition) is 0. The van der Waals surface area contributed by atoms with Crippen LogP contribution < -0.4 is 4.74 Å². The molecule has 0 aromatic heterocycles. The summed E-state index contributed by atoms with van der Waals surface area (Å²) in [6.07, 6.45) is -0.243. The van der Waals surface area contributed by atoms with Crippen molar-refractivity contribution in [1.29, 1.82) is 0 Å². The fourth-order valence-corrected chi connectivity index (χ4v) is 3.27. The van der Waals surface area contributed by atoms with Crippen LogP contribution in [-0.2, 0) is 4.74 Å². The van der Waals surface area contributed by atoms with Gasteiger partial charge in [-0.1, -0.05) is 40.2 Å². The predicted octanol–water partition coefficient (Wildman–Crippen LogP) is 4.85. The standard InChI is InChI=1S/C19H22BrNO3/c1-19(2,3)24-18(22)21-10-13(11-21)12-23-15-8-14-6-4-5-7-16(14)17(20)9-15/h4-9,13H,10-12H2,1-3H3. The SMILES string of the molecule is CC(C)(C)OC(=O)N1CC(COc2cc(Br)c3ccccc3c2)C1. The number of fused-ring (bicyclic) bond motifs is 1. The predicted molar refractivity (Wildman–Crippen MR) is 98.4 cm³/mol. The Labute approximate surface area is 150 Å². The molecule has 24 heavy (non-hydrogen) atoms. The van der Waals surface area contributed by atoms with Crippen molar-refractivity contribution in [2.24, 2.45) is 5.92 Å². The first-order valence-electron chi connectivity index (χ1n) is 8.11. The van der Waals surface area contributed by atoms with Gasteiger partial charge in [-0.25, -0.2) is 4.79 Å². The number of amides is 1. The van der Waals surface area contributed by atoms with E-state index in [-0.39, 0.29) is 6.09 Å². The molecule has 0 aliphatic carbocycles. The summed E-state index contributed by atoms with van der Waals surface area (Å²) in [6, 6.07) is 12.2. The van der Waals surface area contributed by atoms with Crippen LogP contribution in [0, 0.1) is 5.92 Å². The van der Waals surface area contributed by atoms with E-state index in [1.807, 2.05) is 45.0 Å². The largest absolute Gasteiger partial charge is 0.493 e. The Morgan fingerprint density at radius 3 is 2.67 bits per heavy atom. The number of likely N-dealkylation sites (tertiary alicyclic amines) is 1. The van der Waals surface area contributed by atoms with Gasteiger partial charge in [0.15, 0.2) is 0 Å². The molecule has 0 N–H and O–H groups in total. The molecular formula is C19H22BrNO3. The zero-order valence-electron chi connectivity index (χ0n) is 14.2. The monoisotopic (exact) mass is 391 g/mol. The van der Waals surface area contributed by atoms with E-state index in [2.05, 4.69) is 28.1 Å². The molecule has 0 atom stereocenters. The van der Waals surface area contributed by atoms with Gasteiger partial charge in [0.2, 0.25) is 0 Å². The summed E-state index contributed by atoms with van der Waals surface area (Å²) < 4.78 is 12.3. The Bertz CT molecular complexity index is 748. The number of rotatable bonds is 3. The fourth-order valence-electron chi connectivity index (χ4n) is 2.69. The maximum absolute atomic E-state index is 11.9. The molecule has 1 fully saturated rings. The quantitative estimate of drug-likeness (QED) is 0.750. The van der Waals surface area contributed by atoms with E-state index < -0.39 is 5.60 Å². The number of nitrogens with zero attached hydrogens (tertiary/aromatic N) is 1. The van der Waals surface area contributed by atoms with Crippen molar-refractivity contribution >= 4 is 32.8 Å². The van der Waals surface area contributed by atoms with Gasteiger partial charge in [0, 0.05) is 23.5 Å². The zero-order chi connectivity index (χ0) is 17.3. The highest BCUT2D eigenvalue weighted by molar-refractivity contribution is 9.10. The lowest BCUT2D eigenvalue weighted by atomic mass is 10.0. The second-order valence-electron chi connectivity index (χ2n) is 7.19. The van der Waals surface area contributed by atoms with Crippen LogP contribution in [0.15, 0.2) is 40.9 Å². The van der Waals surface area contributed by atoms with E-state index in [1.165, 1.54) is 5.39 Å². The molecule has 1 heterocycles. The maximum Gasteiger partial charge on any atom is 0.410 e. The number of ether oxygens (including phenoxy) is 2. The molecule has 2 aromatic carbocycles. The van der Waals surface area contributed by atoms with Gasteiger partial charge >= 0.3 is 6.09 Å². The average molecular weight is 392 g/mol. The maximum atomic E-state index is 11.9. The van der Waals surface area contributed by atoms with E-state index in [1.54, 1.807) is 4.90 Å². The third kappa shape index (κ3) is 4.01. The number of carbonyl (C=O) groups is 1. The third-order valence-corrected chi connectivity index (χ3v) is 4.54. The second kappa shape index (κ2) is 6.63. The van der Waals surface area contributed by atoms with Crippen LogP contribution in [0.2, 0.25) is 0 Å². The van der Waals surface area contributed by atoms with Gasteiger partial charge in [-0.3, -0.25) is 0 Å². The van der Waals surface area contributed by atoms with Crippen LogP contribution in [0.5, 0.6) is 5.75 Å². The Kier molecular flexibility index (Phi) is 4.72. The smallest absolute Gasteiger partial charge is 0.410 e. The molecule has 1 aliphatic heterocycles. The van der Waals surface area contributed by atoms with Crippen molar-refractivity contribution in [3.05, 3.63) is 40.9 Å². The molecule has 0 bridgehead atoms. The van der Waals surface area contributed by atoms with Crippen LogP contribution in [0.1, 0.15) is 20.8 Å². The van der Waals surface area contributed by atoms with Crippen LogP contribution in [-0.4, -0.2) is 36.3 Å². The lowest BCUT2D eigenvalue weighted by Gasteiger charge is -2.39. The summed E-state index contributed by atoms with van der Waals surface area (Å²) in [5, 5.41) is 2.32. The molecular weight excluding hydrogens is 370 g/mol. The van der Waals surface area contributed by atoms with Crippen molar-refractivity contribution in [1.82, 2.24) is 4.90 Å². The summed E-state index contributed by atoms with van der Waals surface area (Å²) >= 11 is 3.59. The number of hydrogen-bond acceptors (Lipinski definition) is 3. The highest BCUT2D eigenvalue weighted by Gasteiger charge is 2.34. The molecule has 1 aliphatic rings. The molecule has 4 nitrogen and oxygen atoms in total. The number of carbonyl (C=O) groups excluding carboxylic acids is 1. The topological polar surface area (TPSA) is 38.8 Å². The minimum Gasteiger partial charge on any atom is -0.493 e. The lowest BCUT2D eigenvalue weighted by Crippen LogP contribution is -2.53. The Morgan fingerprint density at radius 1 is 1.25 bits per heavy atom. The molecule has 0 unspecified atom stereocenters. The van der Waals surface area contributed by atoms with Crippen molar-refractivity contribution < 1.29 is 14.3 Å². The molecule has 0 saturated carbocycles. The van der Waals surface area contributed by atoms with E-state index in [0.717, 1.165) is 15.6 Å². The molecule has 2 aromatic rings. The van der Waals surface area contributed by atoms with Crippen LogP contribution >= 0.6 is 15.9 Å².